The average molecular weight is 379 g/mol. The maximum Gasteiger partial charge on any atom is 1.00 e. The Labute approximate surface area is 140 Å². The van der Waals surface area contributed by atoms with Gasteiger partial charge in [0.05, 0.1) is 0 Å². The molecule has 0 fully saturated rings. The van der Waals surface area contributed by atoms with Crippen molar-refractivity contribution in [3.8, 4) is 0 Å². The molecule has 0 aromatic heterocycles. The van der Waals surface area contributed by atoms with Crippen molar-refractivity contribution in [1.29, 1.82) is 0 Å². The number of sulfonamides is 1. The molecule has 0 unspecified atom stereocenters. The molecule has 0 saturated heterocycles. The molecule has 0 radical (unpaired) electrons. The van der Waals surface area contributed by atoms with Gasteiger partial charge in [-0.05, 0) is 12.1 Å². The molecular weight excluding hydrogens is 372 g/mol. The summed E-state index contributed by atoms with van der Waals surface area (Å²) >= 11 is 1.21. The average Bonchev–Trinajstić information content (AvgIpc) is 2.27. The molecule has 0 atom stereocenters. The van der Waals surface area contributed by atoms with Crippen molar-refractivity contribution >= 4 is 32.2 Å². The summed E-state index contributed by atoms with van der Waals surface area (Å²) in [5.41, 5.74) is -5.91. The van der Waals surface area contributed by atoms with E-state index >= 15 is 0 Å². The van der Waals surface area contributed by atoms with Crippen LogP contribution in [0.4, 0.5) is 21.4 Å². The maximum atomic E-state index is 11.6. The van der Waals surface area contributed by atoms with Crippen LogP contribution in [0.2, 0.25) is 0 Å². The van der Waals surface area contributed by atoms with Crippen LogP contribution < -0.4 is 18.9 Å². The quantitative estimate of drug-likeness (QED) is 0.322. The minimum absolute atomic E-state index is 0. The van der Waals surface area contributed by atoms with Crippen LogP contribution in [0.3, 0.4) is 0 Å². The van der Waals surface area contributed by atoms with Crippen molar-refractivity contribution in [2.45, 2.75) is 10.4 Å². The predicted octanol–water partition coefficient (Wildman–Crippen LogP) is 0.134. The molecule has 0 aliphatic carbocycles. The summed E-state index contributed by atoms with van der Waals surface area (Å²) in [6.45, 7) is 0. The van der Waals surface area contributed by atoms with Crippen molar-refractivity contribution in [3.05, 3.63) is 34.5 Å². The van der Waals surface area contributed by atoms with E-state index in [1.807, 2.05) is 30.3 Å². The summed E-state index contributed by atoms with van der Waals surface area (Å²) in [4.78, 5) is 0.986. The molecule has 0 saturated carbocycles. The third-order valence-corrected chi connectivity index (χ3v) is 4.24. The van der Waals surface area contributed by atoms with Crippen LogP contribution >= 0.6 is 11.8 Å². The first-order chi connectivity index (χ1) is 9.39. The van der Waals surface area contributed by atoms with Crippen LogP contribution in [0.15, 0.2) is 35.2 Å². The monoisotopic (exact) mass is 379 g/mol. The smallest absolute Gasteiger partial charge is 0.400 e. The van der Waals surface area contributed by atoms with E-state index in [0.29, 0.717) is 0 Å². The van der Waals surface area contributed by atoms with E-state index < -0.39 is 25.9 Å². The molecule has 1 aromatic rings. The van der Waals surface area contributed by atoms with Gasteiger partial charge in [-0.15, -0.1) is 3.89 Å². The van der Waals surface area contributed by atoms with Crippen molar-refractivity contribution in [2.75, 3.05) is 6.01 Å². The van der Waals surface area contributed by atoms with Crippen molar-refractivity contribution in [3.63, 3.8) is 0 Å². The Bertz CT molecular complexity index is 635. The largest absolute Gasteiger partial charge is 1.00 e. The van der Waals surface area contributed by atoms with Crippen molar-refractivity contribution in [2.24, 2.45) is 0 Å². The number of rotatable bonds is 4. The second-order valence-corrected chi connectivity index (χ2v) is 6.79. The van der Waals surface area contributed by atoms with Gasteiger partial charge in [0.2, 0.25) is 10.4 Å². The number of alkyl halides is 4. The first-order valence-corrected chi connectivity index (χ1v) is 8.39. The zero-order chi connectivity index (χ0) is 16.7. The number of hydrogen-bond donors (Lipinski definition) is 0. The molecule has 0 aliphatic rings. The van der Waals surface area contributed by atoms with E-state index in [9.17, 15) is 38.3 Å². The van der Waals surface area contributed by atoms with Crippen LogP contribution in [-0.2, 0) is 20.4 Å². The van der Waals surface area contributed by atoms with Gasteiger partial charge in [0.1, 0.15) is 6.01 Å². The van der Waals surface area contributed by atoms with E-state index in [-0.39, 0.29) is 24.9 Å². The summed E-state index contributed by atoms with van der Waals surface area (Å²) in [6.07, 6.45) is 0. The minimum atomic E-state index is -6.29. The van der Waals surface area contributed by atoms with E-state index in [2.05, 4.69) is 0 Å². The number of thioether (sulfide) groups is 1. The second kappa shape index (κ2) is 9.74. The molecule has 0 N–H and O–H groups in total. The van der Waals surface area contributed by atoms with Gasteiger partial charge in [-0.2, -0.15) is 13.2 Å². The summed E-state index contributed by atoms with van der Waals surface area (Å²) in [5, 5.41) is 0. The first kappa shape index (κ1) is 23.9. The second-order valence-electron chi connectivity index (χ2n) is 2.97. The Morgan fingerprint density at radius 1 is 1.05 bits per heavy atom. The number of halogens is 5. The predicted molar refractivity (Wildman–Crippen MR) is 66.6 cm³/mol. The Morgan fingerprint density at radius 3 is 1.77 bits per heavy atom. The Morgan fingerprint density at radius 2 is 1.50 bits per heavy atom. The van der Waals surface area contributed by atoms with E-state index in [1.54, 1.807) is 0 Å². The summed E-state index contributed by atoms with van der Waals surface area (Å²) in [7, 11) is -12.3. The molecule has 0 spiro atoms. The molecule has 0 aliphatic heterocycles. The van der Waals surface area contributed by atoms with E-state index in [1.165, 1.54) is 11.8 Å². The fourth-order valence-electron chi connectivity index (χ4n) is 0.739. The van der Waals surface area contributed by atoms with Crippen molar-refractivity contribution in [1.82, 2.24) is 0 Å². The van der Waals surface area contributed by atoms with Gasteiger partial charge in [-0.1, -0.05) is 30.0 Å². The van der Waals surface area contributed by atoms with E-state index in [4.69, 9.17) is 0 Å². The fraction of sp³-hybridized carbons (Fsp3) is 0.250. The summed E-state index contributed by atoms with van der Waals surface area (Å²) in [6, 6.07) is 9.16. The van der Waals surface area contributed by atoms with Gasteiger partial charge in [0, 0.05) is 4.90 Å². The molecular formula is C8H7F5LiNO4S3. The molecule has 122 valence electrons. The molecule has 5 nitrogen and oxygen atoms in total. The Balaban J connectivity index is 0. The zero-order valence-corrected chi connectivity index (χ0v) is 13.2. The third-order valence-electron chi connectivity index (χ3n) is 1.44. The van der Waals surface area contributed by atoms with Crippen LogP contribution in [0.1, 0.15) is 0 Å². The molecule has 0 bridgehead atoms. The number of hydrogen-bond acceptors (Lipinski definition) is 5. The van der Waals surface area contributed by atoms with Gasteiger partial charge in [-0.3, -0.25) is 0 Å². The topological polar surface area (TPSA) is 82.4 Å². The van der Waals surface area contributed by atoms with Gasteiger partial charge < -0.3 is 4.13 Å². The Hall–Kier alpha value is -0.323. The SMILES string of the molecule is FCSc1ccccc1.O=S(=O)(F)[N-]S(=O)(=O)C(F)(F)F.[Li+]. The standard InChI is InChI=1S/C7H7FS.CF4NO4S2.Li/c8-6-9-7-4-2-1-3-5-7;2-1(3,4)11(7,8)6-12(5,9)10;/h1-5H,6H2;;/q;-1;+1. The van der Waals surface area contributed by atoms with Crippen LogP contribution in [0.25, 0.3) is 4.13 Å². The maximum absolute atomic E-state index is 11.6. The van der Waals surface area contributed by atoms with Crippen molar-refractivity contribution < 1.29 is 57.1 Å². The fourth-order valence-corrected chi connectivity index (χ4v) is 2.49. The van der Waals surface area contributed by atoms with Gasteiger partial charge in [0.15, 0.2) is 10.0 Å². The van der Waals surface area contributed by atoms with Crippen LogP contribution in [0.5, 0.6) is 0 Å². The number of nitrogens with zero attached hydrogens (tertiary/aromatic N) is 1. The zero-order valence-electron chi connectivity index (χ0n) is 10.8. The normalized spacial score (nSPS) is 11.9. The molecule has 22 heavy (non-hydrogen) atoms. The van der Waals surface area contributed by atoms with Gasteiger partial charge in [-0.25, -0.2) is 21.2 Å². The molecule has 14 heteroatoms. The Kier molecular flexibility index (Phi) is 10.6. The van der Waals surface area contributed by atoms with Gasteiger partial charge >= 0.3 is 24.4 Å². The summed E-state index contributed by atoms with van der Waals surface area (Å²) in [5.74, 6) is 0. The molecule has 1 aromatic carbocycles. The van der Waals surface area contributed by atoms with Gasteiger partial charge in [0.25, 0.3) is 0 Å². The number of benzene rings is 1. The molecule has 0 heterocycles. The van der Waals surface area contributed by atoms with E-state index in [0.717, 1.165) is 9.02 Å². The third kappa shape index (κ3) is 10.4. The van der Waals surface area contributed by atoms with Crippen LogP contribution in [0, 0.1) is 0 Å². The molecule has 0 amide bonds. The minimum Gasteiger partial charge on any atom is -0.400 e. The first-order valence-electron chi connectivity index (χ1n) is 4.63. The van der Waals surface area contributed by atoms with Crippen LogP contribution in [-0.4, -0.2) is 28.4 Å². The summed E-state index contributed by atoms with van der Waals surface area (Å²) < 4.78 is 96.0. The molecule has 1 rings (SSSR count).